The zero-order valence-corrected chi connectivity index (χ0v) is 23.8. The van der Waals surface area contributed by atoms with Gasteiger partial charge in [-0.1, -0.05) is 12.1 Å². The molecule has 5 rings (SSSR count). The van der Waals surface area contributed by atoms with Crippen LogP contribution < -0.4 is 24.3 Å². The van der Waals surface area contributed by atoms with Gasteiger partial charge in [-0.15, -0.1) is 0 Å². The Balaban J connectivity index is 1.58. The van der Waals surface area contributed by atoms with Crippen molar-refractivity contribution in [3.63, 3.8) is 0 Å². The second-order valence-electron chi connectivity index (χ2n) is 10.3. The molecule has 1 aromatic heterocycles. The molecule has 2 heterocycles. The van der Waals surface area contributed by atoms with E-state index in [1.165, 1.54) is 44.7 Å². The number of nitrogens with zero attached hydrogens (tertiary/aromatic N) is 1. The number of carbonyl (C=O) groups excluding carboxylic acids is 1. The van der Waals surface area contributed by atoms with Gasteiger partial charge in [0.15, 0.2) is 11.5 Å². The normalized spacial score (nSPS) is 13.3. The van der Waals surface area contributed by atoms with Crippen molar-refractivity contribution in [3.05, 3.63) is 100 Å². The standard InChI is InChI=1S/C32H30N2O8/c1-19-17-32(2,3)33-25-12-11-22(23-10-9-21(16-28(23)39-5)42-31(35)27-7-6-14-40-27)24(30(19)25)18-41-29-15-20(34(36)37)8-13-26(29)38-4/h6-17,33H,18H2,1-5H3. The average Bonchev–Trinajstić information content (AvgIpc) is 3.50. The molecule has 42 heavy (non-hydrogen) atoms. The van der Waals surface area contributed by atoms with Gasteiger partial charge < -0.3 is 28.7 Å². The van der Waals surface area contributed by atoms with Crippen molar-refractivity contribution in [2.75, 3.05) is 19.5 Å². The summed E-state index contributed by atoms with van der Waals surface area (Å²) in [4.78, 5) is 23.4. The number of benzene rings is 3. The van der Waals surface area contributed by atoms with Crippen molar-refractivity contribution in [2.45, 2.75) is 32.9 Å². The molecule has 0 amide bonds. The second-order valence-corrected chi connectivity index (χ2v) is 10.3. The maximum atomic E-state index is 12.4. The van der Waals surface area contributed by atoms with Crippen molar-refractivity contribution >= 4 is 22.9 Å². The van der Waals surface area contributed by atoms with Crippen LogP contribution in [0.1, 0.15) is 42.5 Å². The van der Waals surface area contributed by atoms with E-state index in [0.717, 1.165) is 33.5 Å². The molecule has 0 bridgehead atoms. The lowest BCUT2D eigenvalue weighted by Gasteiger charge is -2.33. The maximum absolute atomic E-state index is 12.4. The molecule has 0 unspecified atom stereocenters. The van der Waals surface area contributed by atoms with Gasteiger partial charge in [-0.05, 0) is 68.3 Å². The molecule has 10 nitrogen and oxygen atoms in total. The van der Waals surface area contributed by atoms with E-state index in [1.807, 2.05) is 25.1 Å². The molecule has 10 heteroatoms. The van der Waals surface area contributed by atoms with Gasteiger partial charge in [0.1, 0.15) is 18.1 Å². The van der Waals surface area contributed by atoms with E-state index in [9.17, 15) is 14.9 Å². The number of nitro groups is 1. The fourth-order valence-electron chi connectivity index (χ4n) is 5.15. The molecule has 0 spiro atoms. The maximum Gasteiger partial charge on any atom is 0.379 e. The van der Waals surface area contributed by atoms with Gasteiger partial charge in [0.05, 0.1) is 37.0 Å². The fraction of sp³-hybridized carbons (Fsp3) is 0.219. The van der Waals surface area contributed by atoms with Crippen LogP contribution in [0.4, 0.5) is 11.4 Å². The zero-order valence-electron chi connectivity index (χ0n) is 23.8. The van der Waals surface area contributed by atoms with Crippen molar-refractivity contribution in [2.24, 2.45) is 0 Å². The van der Waals surface area contributed by atoms with Crippen molar-refractivity contribution in [1.29, 1.82) is 0 Å². The molecular weight excluding hydrogens is 540 g/mol. The first-order valence-electron chi connectivity index (χ1n) is 13.1. The Hall–Kier alpha value is -5.25. The monoisotopic (exact) mass is 570 g/mol. The number of allylic oxidation sites excluding steroid dienone is 1. The first-order chi connectivity index (χ1) is 20.1. The lowest BCUT2D eigenvalue weighted by Crippen LogP contribution is -2.32. The SMILES string of the molecule is COc1ccc([N+](=O)[O-])cc1OCc1c(-c2ccc(OC(=O)c3ccco3)cc2OC)ccc2c1C(C)=CC(C)(C)N2. The van der Waals surface area contributed by atoms with Crippen LogP contribution in [0, 0.1) is 10.1 Å². The Morgan fingerprint density at radius 3 is 2.43 bits per heavy atom. The van der Waals surface area contributed by atoms with Crippen LogP contribution in [-0.2, 0) is 6.61 Å². The van der Waals surface area contributed by atoms with Crippen molar-refractivity contribution in [3.8, 4) is 34.1 Å². The number of rotatable bonds is 9. The second kappa shape index (κ2) is 11.3. The molecule has 0 saturated heterocycles. The number of hydrogen-bond acceptors (Lipinski definition) is 9. The molecule has 0 radical (unpaired) electrons. The van der Waals surface area contributed by atoms with Crippen LogP contribution in [0.5, 0.6) is 23.0 Å². The third kappa shape index (κ3) is 5.64. The molecule has 4 aromatic rings. The van der Waals surface area contributed by atoms with Gasteiger partial charge in [0.2, 0.25) is 5.76 Å². The largest absolute Gasteiger partial charge is 0.496 e. The van der Waals surface area contributed by atoms with Gasteiger partial charge in [-0.3, -0.25) is 10.1 Å². The third-order valence-electron chi connectivity index (χ3n) is 6.87. The molecule has 0 saturated carbocycles. The van der Waals surface area contributed by atoms with E-state index in [2.05, 4.69) is 25.2 Å². The number of anilines is 1. The minimum Gasteiger partial charge on any atom is -0.496 e. The number of carbonyl (C=O) groups is 1. The number of fused-ring (bicyclic) bond motifs is 1. The van der Waals surface area contributed by atoms with E-state index in [0.29, 0.717) is 11.5 Å². The molecule has 3 aromatic carbocycles. The lowest BCUT2D eigenvalue weighted by molar-refractivity contribution is -0.385. The van der Waals surface area contributed by atoms with E-state index < -0.39 is 10.9 Å². The number of ether oxygens (including phenoxy) is 4. The predicted molar refractivity (Wildman–Crippen MR) is 157 cm³/mol. The Morgan fingerprint density at radius 1 is 0.976 bits per heavy atom. The number of nitrogens with one attached hydrogen (secondary N) is 1. The molecule has 0 fully saturated rings. The molecule has 0 aliphatic carbocycles. The molecule has 0 atom stereocenters. The molecule has 1 aliphatic heterocycles. The Labute approximate surface area is 242 Å². The Bertz CT molecular complexity index is 1690. The summed E-state index contributed by atoms with van der Waals surface area (Å²) >= 11 is 0. The zero-order chi connectivity index (χ0) is 30.0. The van der Waals surface area contributed by atoms with E-state index in [-0.39, 0.29) is 35.1 Å². The lowest BCUT2D eigenvalue weighted by atomic mass is 9.85. The van der Waals surface area contributed by atoms with Crippen LogP contribution in [-0.4, -0.2) is 30.7 Å². The van der Waals surface area contributed by atoms with Crippen LogP contribution in [0.15, 0.2) is 77.4 Å². The quantitative estimate of drug-likeness (QED) is 0.0957. The summed E-state index contributed by atoms with van der Waals surface area (Å²) in [7, 11) is 3.02. The summed E-state index contributed by atoms with van der Waals surface area (Å²) in [5.41, 5.74) is 4.93. The number of nitro benzene ring substituents is 1. The topological polar surface area (TPSA) is 122 Å². The van der Waals surface area contributed by atoms with Crippen molar-refractivity contribution < 1.29 is 33.1 Å². The van der Waals surface area contributed by atoms with Crippen LogP contribution >= 0.6 is 0 Å². The molecular formula is C32H30N2O8. The van der Waals surface area contributed by atoms with E-state index in [1.54, 1.807) is 18.2 Å². The van der Waals surface area contributed by atoms with Gasteiger partial charge in [-0.25, -0.2) is 4.79 Å². The van der Waals surface area contributed by atoms with Gasteiger partial charge in [0.25, 0.3) is 5.69 Å². The highest BCUT2D eigenvalue weighted by Gasteiger charge is 2.27. The molecule has 216 valence electrons. The summed E-state index contributed by atoms with van der Waals surface area (Å²) in [6.45, 7) is 6.28. The highest BCUT2D eigenvalue weighted by atomic mass is 16.6. The summed E-state index contributed by atoms with van der Waals surface area (Å²) in [5.74, 6) is 0.833. The van der Waals surface area contributed by atoms with Crippen LogP contribution in [0.3, 0.4) is 0 Å². The minimum atomic E-state index is -0.627. The number of furan rings is 1. The van der Waals surface area contributed by atoms with Crippen molar-refractivity contribution in [1.82, 2.24) is 0 Å². The Kier molecular flexibility index (Phi) is 7.62. The number of hydrogen-bond donors (Lipinski definition) is 1. The van der Waals surface area contributed by atoms with Crippen LogP contribution in [0.2, 0.25) is 0 Å². The summed E-state index contributed by atoms with van der Waals surface area (Å²) in [6.07, 6.45) is 3.54. The van der Waals surface area contributed by atoms with Crippen LogP contribution in [0.25, 0.3) is 16.7 Å². The van der Waals surface area contributed by atoms with E-state index >= 15 is 0 Å². The number of esters is 1. The number of methoxy groups -OCH3 is 2. The number of non-ortho nitro benzene ring substituents is 1. The molecule has 1 aliphatic rings. The summed E-state index contributed by atoms with van der Waals surface area (Å²) < 4.78 is 28.0. The highest BCUT2D eigenvalue weighted by molar-refractivity contribution is 5.90. The fourth-order valence-corrected chi connectivity index (χ4v) is 5.15. The summed E-state index contributed by atoms with van der Waals surface area (Å²) in [5, 5.41) is 15.0. The predicted octanol–water partition coefficient (Wildman–Crippen LogP) is 7.28. The van der Waals surface area contributed by atoms with Gasteiger partial charge >= 0.3 is 5.97 Å². The Morgan fingerprint density at radius 2 is 1.74 bits per heavy atom. The summed E-state index contributed by atoms with van der Waals surface area (Å²) in [6, 6.07) is 16.4. The molecule has 1 N–H and O–H groups in total. The van der Waals surface area contributed by atoms with Gasteiger partial charge in [-0.2, -0.15) is 0 Å². The average molecular weight is 571 g/mol. The highest BCUT2D eigenvalue weighted by Crippen LogP contribution is 2.44. The minimum absolute atomic E-state index is 0.0711. The third-order valence-corrected chi connectivity index (χ3v) is 6.87. The van der Waals surface area contributed by atoms with E-state index in [4.69, 9.17) is 23.4 Å². The first kappa shape index (κ1) is 28.3. The smallest absolute Gasteiger partial charge is 0.379 e. The van der Waals surface area contributed by atoms with Gasteiger partial charge in [0, 0.05) is 34.5 Å². The first-order valence-corrected chi connectivity index (χ1v) is 13.1.